The number of rotatable bonds is 16. The van der Waals surface area contributed by atoms with Crippen LogP contribution in [-0.4, -0.2) is 54.6 Å². The number of hydrogen-bond donors (Lipinski definition) is 5. The first-order chi connectivity index (χ1) is 27.5. The van der Waals surface area contributed by atoms with Gasteiger partial charge in [0.25, 0.3) is 5.91 Å². The van der Waals surface area contributed by atoms with Gasteiger partial charge >= 0.3 is 59.1 Å². The second-order valence-electron chi connectivity index (χ2n) is 10.7. The first kappa shape index (κ1) is 47.2. The molecule has 0 aromatic heterocycles. The van der Waals surface area contributed by atoms with Gasteiger partial charge in [0.2, 0.25) is 5.91 Å². The Hall–Kier alpha value is -6.13. The fourth-order valence-corrected chi connectivity index (χ4v) is 5.35. The maximum Gasteiger partial charge on any atom is 1.00 e. The largest absolute Gasteiger partial charge is 1.00 e. The molecule has 0 spiro atoms. The van der Waals surface area contributed by atoms with Crippen LogP contribution >= 0.6 is 0 Å². The minimum Gasteiger partial charge on any atom is -0.744 e. The first-order valence-corrected chi connectivity index (χ1v) is 17.0. The third kappa shape index (κ3) is 13.2. The number of anilines is 2. The van der Waals surface area contributed by atoms with Crippen LogP contribution in [0.25, 0.3) is 16.8 Å². The number of amides is 2. The smallest absolute Gasteiger partial charge is 0.744 e. The van der Waals surface area contributed by atoms with E-state index in [2.05, 4.69) is 84.8 Å². The molecule has 5 rings (SSSR count). The van der Waals surface area contributed by atoms with Crippen molar-refractivity contribution in [2.75, 3.05) is 24.0 Å². The van der Waals surface area contributed by atoms with Gasteiger partial charge in [0.1, 0.15) is 46.4 Å². The molecule has 0 aliphatic heterocycles. The molecule has 1 aliphatic carbocycles. The van der Waals surface area contributed by atoms with Crippen molar-refractivity contribution >= 4 is 61.7 Å². The van der Waals surface area contributed by atoms with E-state index in [4.69, 9.17) is 15.0 Å². The van der Waals surface area contributed by atoms with Gasteiger partial charge in [-0.2, -0.15) is 22.8 Å². The van der Waals surface area contributed by atoms with Gasteiger partial charge in [-0.15, -0.1) is 5.56 Å². The van der Waals surface area contributed by atoms with Crippen LogP contribution in [0.4, 0.5) is 11.4 Å². The molecule has 0 radical (unpaired) electrons. The van der Waals surface area contributed by atoms with Crippen molar-refractivity contribution in [3.8, 4) is 17.2 Å². The molecule has 4 aromatic carbocycles. The fraction of sp³-hybridized carbons (Fsp3) is 0.0968. The molecule has 0 saturated heterocycles. The molecular weight excluding hydrogens is 818 g/mol. The number of phenols is 1. The number of carbonyl (C=O) groups excluding carboxylic acids is 3. The van der Waals surface area contributed by atoms with Gasteiger partial charge < -0.3 is 29.2 Å². The average Bonchev–Trinajstić information content (AvgIpc) is 3.18. The first-order valence-electron chi connectivity index (χ1n) is 15.6. The molecule has 4 aromatic rings. The van der Waals surface area contributed by atoms with Crippen molar-refractivity contribution in [1.82, 2.24) is 5.43 Å². The second kappa shape index (κ2) is 22.7. The van der Waals surface area contributed by atoms with E-state index in [9.17, 15) is 32.5 Å². The summed E-state index contributed by atoms with van der Waals surface area (Å²) in [5.74, 6) is -1.77. The van der Waals surface area contributed by atoms with E-state index in [1.807, 2.05) is 0 Å². The average molecular weight is 843 g/mol. The molecule has 1 aliphatic rings. The summed E-state index contributed by atoms with van der Waals surface area (Å²) in [6, 6.07) is 16.4. The Morgan fingerprint density at radius 1 is 0.864 bits per heavy atom. The number of hydrogen-bond acceptors (Lipinski definition) is 13. The minimum atomic E-state index is -4.88. The quantitative estimate of drug-likeness (QED) is 0.0248. The molecule has 0 bridgehead atoms. The van der Waals surface area contributed by atoms with Crippen LogP contribution in [0.5, 0.6) is 17.2 Å². The summed E-state index contributed by atoms with van der Waals surface area (Å²) >= 11 is 0. The van der Waals surface area contributed by atoms with E-state index < -0.39 is 32.6 Å². The van der Waals surface area contributed by atoms with Crippen molar-refractivity contribution < 1.29 is 101 Å². The number of nitrogens with zero attached hydrogens (tertiary/aromatic N) is 12. The Labute approximate surface area is 376 Å². The van der Waals surface area contributed by atoms with Crippen molar-refractivity contribution in [2.24, 2.45) is 62.6 Å². The van der Waals surface area contributed by atoms with Crippen LogP contribution in [0.15, 0.2) is 134 Å². The van der Waals surface area contributed by atoms with E-state index in [0.717, 1.165) is 19.1 Å². The van der Waals surface area contributed by atoms with Gasteiger partial charge in [0.05, 0.1) is 11.3 Å². The zero-order chi connectivity index (χ0) is 40.8. The number of Topliss-reactive ketones (excluding diaryl/α,β-unsaturated/α-hetero) is 1. The number of aromatic hydroxyl groups is 1. The Bertz CT molecular complexity index is 2550. The van der Waals surface area contributed by atoms with Crippen molar-refractivity contribution in [2.45, 2.75) is 11.8 Å². The van der Waals surface area contributed by atoms with Crippen molar-refractivity contribution in [1.29, 1.82) is 5.53 Å². The molecule has 25 nitrogen and oxygen atoms in total. The van der Waals surface area contributed by atoms with Crippen molar-refractivity contribution in [3.63, 3.8) is 0 Å². The minimum absolute atomic E-state index is 0. The standard InChI is InChI=1S/C31H25N16O9S.2Na/c1-17(48)33-26-15-21(57(52,53)54)14-18-6-11-25(30(50)28(18)26)35-34-19-7-9-20(10-8-19)55-12-13-56-27-16-24(29(49)23-5-3-2-4-22(23)27)31(51)36-38-40-42-44-46-47-45-43-41-39-37-32;;/h2-10,14-16,34,49H,12-13H2,1H3,(H,33,48)(H,52,53,54)(H2,32,36,39,40,43,44,47,51);;/q-1;2*+1/p-1/b35-25+;;. The number of nitrogens with one attached hydrogen (secondary N) is 4. The number of phenolic OH excluding ortho intramolecular Hbond substituents is 1. The molecule has 290 valence electrons. The van der Waals surface area contributed by atoms with Crippen LogP contribution < -0.4 is 84.8 Å². The molecule has 0 fully saturated rings. The molecule has 2 amide bonds. The molecular formula is C31H24N16Na2O9S. The molecule has 0 heterocycles. The Morgan fingerprint density at radius 2 is 1.49 bits per heavy atom. The van der Waals surface area contributed by atoms with Crippen LogP contribution in [0, 0.1) is 11.6 Å². The number of benzene rings is 4. The van der Waals surface area contributed by atoms with E-state index in [0.29, 0.717) is 22.2 Å². The van der Waals surface area contributed by atoms with E-state index in [-0.39, 0.29) is 112 Å². The Morgan fingerprint density at radius 3 is 2.14 bits per heavy atom. The third-order valence-corrected chi connectivity index (χ3v) is 7.91. The number of carbonyl (C=O) groups is 3. The fourth-order valence-electron chi connectivity index (χ4n) is 4.82. The topological polar surface area (TPSA) is 355 Å². The summed E-state index contributed by atoms with van der Waals surface area (Å²) < 4.78 is 46.5. The van der Waals surface area contributed by atoms with Gasteiger partial charge in [-0.3, -0.25) is 15.0 Å². The number of ether oxygens (including phenoxy) is 2. The SMILES string of the molecule is CC(=O)Nc1cc(S(=O)(=O)[O-])cc2c1C(=O)/C(=N/Nc1ccc(OCCOc3cc(C(=O)N/N=N/N=N/N=N/N=N/N=N/N=N)c(O)c4ccccc34)cc1)[C-]=C2.[Na+].[Na+]. The summed E-state index contributed by atoms with van der Waals surface area (Å²) in [5, 5.41) is 51.3. The summed E-state index contributed by atoms with van der Waals surface area (Å²) in [6.07, 6.45) is 3.93. The Kier molecular flexibility index (Phi) is 18.2. The van der Waals surface area contributed by atoms with Crippen molar-refractivity contribution in [3.05, 3.63) is 89.5 Å². The van der Waals surface area contributed by atoms with Gasteiger partial charge in [0.15, 0.2) is 0 Å². The van der Waals surface area contributed by atoms with Crippen LogP contribution in [0.1, 0.15) is 33.2 Å². The summed E-state index contributed by atoms with van der Waals surface area (Å²) in [7, 11) is -4.88. The van der Waals surface area contributed by atoms with E-state index >= 15 is 0 Å². The van der Waals surface area contributed by atoms with Gasteiger partial charge in [-0.1, -0.05) is 35.9 Å². The molecule has 0 saturated carbocycles. The maximum atomic E-state index is 13.2. The maximum absolute atomic E-state index is 13.2. The summed E-state index contributed by atoms with van der Waals surface area (Å²) in [6.45, 7) is 1.25. The predicted molar refractivity (Wildman–Crippen MR) is 192 cm³/mol. The van der Waals surface area contributed by atoms with Crippen LogP contribution in [-0.2, 0) is 14.9 Å². The normalized spacial score (nSPS) is 13.2. The number of fused-ring (bicyclic) bond motifs is 2. The number of hydrazone groups is 1. The molecule has 59 heavy (non-hydrogen) atoms. The van der Waals surface area contributed by atoms with Crippen LogP contribution in [0.3, 0.4) is 0 Å². The zero-order valence-electron chi connectivity index (χ0n) is 30.8. The molecule has 0 atom stereocenters. The Balaban J connectivity index is 0.00000465. The third-order valence-electron chi connectivity index (χ3n) is 7.09. The van der Waals surface area contributed by atoms with Crippen LogP contribution in [0.2, 0.25) is 0 Å². The van der Waals surface area contributed by atoms with Gasteiger partial charge in [0, 0.05) is 34.0 Å². The monoisotopic (exact) mass is 842 g/mol. The van der Waals surface area contributed by atoms with E-state index in [1.54, 1.807) is 48.5 Å². The second-order valence-corrected chi connectivity index (χ2v) is 12.1. The van der Waals surface area contributed by atoms with E-state index in [1.165, 1.54) is 12.1 Å². The van der Waals surface area contributed by atoms with Gasteiger partial charge in [-0.05, 0) is 93.9 Å². The van der Waals surface area contributed by atoms with Gasteiger partial charge in [-0.25, -0.2) is 13.8 Å². The molecule has 0 unspecified atom stereocenters. The number of ketones is 1. The molecule has 28 heteroatoms. The number of allylic oxidation sites excluding steroid dienone is 1. The molecule has 5 N–H and O–H groups in total. The zero-order valence-corrected chi connectivity index (χ0v) is 35.6. The predicted octanol–water partition coefficient (Wildman–Crippen LogP) is -0.134. The summed E-state index contributed by atoms with van der Waals surface area (Å²) in [5.41, 5.74) is 11.1. The summed E-state index contributed by atoms with van der Waals surface area (Å²) in [4.78, 5) is 37.1.